The highest BCUT2D eigenvalue weighted by atomic mass is 32.1. The number of halogens is 3. The lowest BCUT2D eigenvalue weighted by molar-refractivity contribution is -0.173. The van der Waals surface area contributed by atoms with Gasteiger partial charge in [0, 0.05) is 23.9 Å². The summed E-state index contributed by atoms with van der Waals surface area (Å²) in [6.07, 6.45) is -0.376. The number of nitrogens with one attached hydrogen (secondary N) is 1. The smallest absolute Gasteiger partial charge is 0.362 e. The van der Waals surface area contributed by atoms with Crippen molar-refractivity contribution in [1.82, 2.24) is 14.7 Å². The number of hydrogen-bond donors (Lipinski definition) is 1. The van der Waals surface area contributed by atoms with Crippen molar-refractivity contribution in [2.45, 2.75) is 70.8 Å². The molecule has 4 atom stereocenters. The Morgan fingerprint density at radius 3 is 2.74 bits per heavy atom. The second-order valence-corrected chi connectivity index (χ2v) is 11.5. The zero-order chi connectivity index (χ0) is 22.2. The fourth-order valence-electron chi connectivity index (χ4n) is 6.25. The molecule has 2 aliphatic heterocycles. The van der Waals surface area contributed by atoms with E-state index >= 15 is 0 Å². The number of fused-ring (bicyclic) bond motifs is 3. The van der Waals surface area contributed by atoms with Crippen LogP contribution in [0.5, 0.6) is 0 Å². The van der Waals surface area contributed by atoms with Crippen LogP contribution < -0.4 is 5.32 Å². The maximum absolute atomic E-state index is 13.9. The Kier molecular flexibility index (Phi) is 4.53. The van der Waals surface area contributed by atoms with E-state index in [2.05, 4.69) is 31.2 Å². The quantitative estimate of drug-likeness (QED) is 0.641. The maximum atomic E-state index is 13.9. The molecule has 168 valence electrons. The topological polar surface area (TPSA) is 50.2 Å². The first kappa shape index (κ1) is 20.8. The second-order valence-electron chi connectivity index (χ2n) is 10.5. The third kappa shape index (κ3) is 3.54. The van der Waals surface area contributed by atoms with Crippen molar-refractivity contribution < 1.29 is 18.0 Å². The molecular formula is C22H27F3N4OS. The monoisotopic (exact) mass is 452 g/mol. The highest BCUT2D eigenvalue weighted by Gasteiger charge is 2.52. The standard InChI is InChI=1S/C22H27F3N4OS/c1-20(2)8-13-9-21(3,11-20)12-28(13)19(30)14-10-26-29-17(22(23,24)25)7-15(27-18(14)29)16-5-4-6-31-16/h4-6,10,13,15,17,27H,7-9,11-12H2,1-3H3/t13-,15-,17-,21-/m1/s1. The molecule has 9 heteroatoms. The predicted octanol–water partition coefficient (Wildman–Crippen LogP) is 5.65. The van der Waals surface area contributed by atoms with Gasteiger partial charge in [0.15, 0.2) is 6.04 Å². The molecule has 4 heterocycles. The molecule has 1 saturated carbocycles. The van der Waals surface area contributed by atoms with Crippen molar-refractivity contribution in [3.05, 3.63) is 34.2 Å². The van der Waals surface area contributed by atoms with Crippen molar-refractivity contribution in [3.8, 4) is 0 Å². The molecule has 1 aliphatic carbocycles. The van der Waals surface area contributed by atoms with Crippen molar-refractivity contribution in [3.63, 3.8) is 0 Å². The number of likely N-dealkylation sites (tertiary alicyclic amines) is 1. The molecule has 0 aromatic carbocycles. The molecule has 5 rings (SSSR count). The molecule has 2 aromatic heterocycles. The first-order valence-electron chi connectivity index (χ1n) is 10.7. The largest absolute Gasteiger partial charge is 0.410 e. The van der Waals surface area contributed by atoms with Gasteiger partial charge in [-0.15, -0.1) is 11.3 Å². The van der Waals surface area contributed by atoms with Crippen molar-refractivity contribution >= 4 is 23.1 Å². The molecule has 0 spiro atoms. The lowest BCUT2D eigenvalue weighted by Crippen LogP contribution is -2.39. The molecule has 0 unspecified atom stereocenters. The Morgan fingerprint density at radius 1 is 1.29 bits per heavy atom. The molecule has 2 bridgehead atoms. The number of anilines is 1. The van der Waals surface area contributed by atoms with E-state index in [1.807, 2.05) is 22.4 Å². The third-order valence-electron chi connectivity index (χ3n) is 7.03. The van der Waals surface area contributed by atoms with E-state index in [0.29, 0.717) is 6.54 Å². The summed E-state index contributed by atoms with van der Waals surface area (Å²) in [6.45, 7) is 7.32. The molecule has 3 aliphatic rings. The Labute approximate surface area is 183 Å². The summed E-state index contributed by atoms with van der Waals surface area (Å²) in [5.74, 6) is -0.0317. The molecule has 1 amide bonds. The van der Waals surface area contributed by atoms with Crippen LogP contribution in [0.1, 0.15) is 73.8 Å². The summed E-state index contributed by atoms with van der Waals surface area (Å²) in [5, 5.41) is 9.09. The van der Waals surface area contributed by atoms with E-state index in [-0.39, 0.29) is 40.6 Å². The fourth-order valence-corrected chi connectivity index (χ4v) is 7.04. The van der Waals surface area contributed by atoms with Crippen LogP contribution in [-0.2, 0) is 0 Å². The first-order valence-corrected chi connectivity index (χ1v) is 11.6. The van der Waals surface area contributed by atoms with Gasteiger partial charge >= 0.3 is 6.18 Å². The van der Waals surface area contributed by atoms with Gasteiger partial charge < -0.3 is 10.2 Å². The molecule has 2 fully saturated rings. The Bertz CT molecular complexity index is 999. The number of alkyl halides is 3. The average molecular weight is 453 g/mol. The van der Waals surface area contributed by atoms with Crippen molar-refractivity contribution in [2.75, 3.05) is 11.9 Å². The number of thiophene rings is 1. The number of amides is 1. The molecule has 1 N–H and O–H groups in total. The number of nitrogens with zero attached hydrogens (tertiary/aromatic N) is 3. The molecule has 31 heavy (non-hydrogen) atoms. The zero-order valence-electron chi connectivity index (χ0n) is 17.9. The molecule has 5 nitrogen and oxygen atoms in total. The molecular weight excluding hydrogens is 425 g/mol. The second kappa shape index (κ2) is 6.73. The highest BCUT2D eigenvalue weighted by Crippen LogP contribution is 2.53. The van der Waals surface area contributed by atoms with Gasteiger partial charge in [0.05, 0.1) is 12.2 Å². The predicted molar refractivity (Wildman–Crippen MR) is 113 cm³/mol. The lowest BCUT2D eigenvalue weighted by Gasteiger charge is -2.39. The maximum Gasteiger partial charge on any atom is 0.410 e. The Balaban J connectivity index is 1.50. The lowest BCUT2D eigenvalue weighted by atomic mass is 9.65. The average Bonchev–Trinajstić information content (AvgIpc) is 3.36. The van der Waals surface area contributed by atoms with E-state index in [1.165, 1.54) is 17.5 Å². The van der Waals surface area contributed by atoms with Crippen LogP contribution >= 0.6 is 11.3 Å². The number of carbonyl (C=O) groups excluding carboxylic acids is 1. The van der Waals surface area contributed by atoms with Gasteiger partial charge in [-0.3, -0.25) is 4.79 Å². The van der Waals surface area contributed by atoms with Gasteiger partial charge in [-0.1, -0.05) is 26.8 Å². The number of carbonyl (C=O) groups is 1. The summed E-state index contributed by atoms with van der Waals surface area (Å²) in [5.41, 5.74) is 0.440. The number of hydrogen-bond acceptors (Lipinski definition) is 4. The number of aromatic nitrogens is 2. The van der Waals surface area contributed by atoms with E-state index in [1.54, 1.807) is 0 Å². The highest BCUT2D eigenvalue weighted by molar-refractivity contribution is 7.10. The van der Waals surface area contributed by atoms with Gasteiger partial charge in [0.1, 0.15) is 11.4 Å². The molecule has 1 saturated heterocycles. The van der Waals surface area contributed by atoms with E-state index < -0.39 is 18.3 Å². The van der Waals surface area contributed by atoms with E-state index in [9.17, 15) is 18.0 Å². The van der Waals surface area contributed by atoms with Gasteiger partial charge in [-0.05, 0) is 41.5 Å². The number of rotatable bonds is 2. The Morgan fingerprint density at radius 2 is 2.06 bits per heavy atom. The van der Waals surface area contributed by atoms with Crippen LogP contribution in [0.4, 0.5) is 19.0 Å². The van der Waals surface area contributed by atoms with Gasteiger partial charge in [0.25, 0.3) is 5.91 Å². The summed E-state index contributed by atoms with van der Waals surface area (Å²) < 4.78 is 42.6. The van der Waals surface area contributed by atoms with Crippen LogP contribution in [-0.4, -0.2) is 39.4 Å². The van der Waals surface area contributed by atoms with E-state index in [0.717, 1.165) is 28.8 Å². The minimum Gasteiger partial charge on any atom is -0.362 e. The minimum absolute atomic E-state index is 0.0523. The summed E-state index contributed by atoms with van der Waals surface area (Å²) in [6, 6.07) is 1.51. The molecule has 0 radical (unpaired) electrons. The molecule has 2 aromatic rings. The van der Waals surface area contributed by atoms with Crippen LogP contribution in [0, 0.1) is 10.8 Å². The summed E-state index contributed by atoms with van der Waals surface area (Å²) >= 11 is 1.42. The van der Waals surface area contributed by atoms with Gasteiger partial charge in [-0.2, -0.15) is 18.3 Å². The normalized spacial score (nSPS) is 31.9. The van der Waals surface area contributed by atoms with Gasteiger partial charge in [-0.25, -0.2) is 4.68 Å². The van der Waals surface area contributed by atoms with Crippen LogP contribution in [0.2, 0.25) is 0 Å². The Hall–Kier alpha value is -2.03. The third-order valence-corrected chi connectivity index (χ3v) is 8.02. The zero-order valence-corrected chi connectivity index (χ0v) is 18.7. The van der Waals surface area contributed by atoms with Crippen LogP contribution in [0.3, 0.4) is 0 Å². The summed E-state index contributed by atoms with van der Waals surface area (Å²) in [4.78, 5) is 16.3. The first-order chi connectivity index (χ1) is 14.5. The van der Waals surface area contributed by atoms with Crippen molar-refractivity contribution in [2.24, 2.45) is 10.8 Å². The minimum atomic E-state index is -4.44. The fraction of sp³-hybridized carbons (Fsp3) is 0.636. The SMILES string of the molecule is CC1(C)C[C@@H]2C[C@@](C)(CN2C(=O)c2cnn3c2N[C@@H](c2cccs2)C[C@@H]3C(F)(F)F)C1. The van der Waals surface area contributed by atoms with Crippen LogP contribution in [0.25, 0.3) is 0 Å². The summed E-state index contributed by atoms with van der Waals surface area (Å²) in [7, 11) is 0. The van der Waals surface area contributed by atoms with E-state index in [4.69, 9.17) is 0 Å². The van der Waals surface area contributed by atoms with Crippen LogP contribution in [0.15, 0.2) is 23.7 Å². The van der Waals surface area contributed by atoms with Crippen molar-refractivity contribution in [1.29, 1.82) is 0 Å². The van der Waals surface area contributed by atoms with Gasteiger partial charge in [0.2, 0.25) is 0 Å².